The smallest absolute Gasteiger partial charge is 0.160 e. The van der Waals surface area contributed by atoms with Crippen LogP contribution in [0.25, 0.3) is 49.4 Å². The Kier molecular flexibility index (Phi) is 5.64. The molecule has 8 rings (SSSR count). The van der Waals surface area contributed by atoms with Crippen LogP contribution in [0.4, 0.5) is 5.69 Å². The summed E-state index contributed by atoms with van der Waals surface area (Å²) >= 11 is 0. The van der Waals surface area contributed by atoms with E-state index in [1.165, 1.54) is 10.8 Å². The summed E-state index contributed by atoms with van der Waals surface area (Å²) in [6.07, 6.45) is 0. The summed E-state index contributed by atoms with van der Waals surface area (Å²) in [5.41, 5.74) is 9.49. The zero-order chi connectivity index (χ0) is 28.0. The van der Waals surface area contributed by atoms with Crippen molar-refractivity contribution in [3.8, 4) is 5.69 Å². The molecule has 2 heterocycles. The molecule has 0 aliphatic heterocycles. The van der Waals surface area contributed by atoms with E-state index in [1.54, 1.807) is 0 Å². The van der Waals surface area contributed by atoms with E-state index in [2.05, 4.69) is 82.7 Å². The van der Waals surface area contributed by atoms with Crippen LogP contribution in [0.15, 0.2) is 144 Å². The van der Waals surface area contributed by atoms with Crippen LogP contribution in [-0.4, -0.2) is 10.3 Å². The van der Waals surface area contributed by atoms with Gasteiger partial charge in [0, 0.05) is 50.6 Å². The van der Waals surface area contributed by atoms with Crippen molar-refractivity contribution in [1.29, 1.82) is 5.41 Å². The van der Waals surface area contributed by atoms with Gasteiger partial charge in [-0.05, 0) is 42.0 Å². The molecule has 2 aromatic heterocycles. The Morgan fingerprint density at radius 2 is 1.38 bits per heavy atom. The van der Waals surface area contributed by atoms with Crippen LogP contribution in [0, 0.1) is 5.41 Å². The number of anilines is 1. The van der Waals surface area contributed by atoms with Crippen molar-refractivity contribution >= 4 is 55.1 Å². The number of rotatable bonds is 6. The molecule has 0 saturated heterocycles. The van der Waals surface area contributed by atoms with Crippen molar-refractivity contribution in [2.45, 2.75) is 6.54 Å². The Hall–Kier alpha value is -5.61. The number of benzene rings is 6. The lowest BCUT2D eigenvalue weighted by molar-refractivity contribution is 0.671. The molecular weight excluding hydrogens is 514 g/mol. The summed E-state index contributed by atoms with van der Waals surface area (Å²) in [4.78, 5) is 0. The van der Waals surface area contributed by atoms with Gasteiger partial charge in [-0.1, -0.05) is 103 Å². The molecule has 6 aromatic carbocycles. The average Bonchev–Trinajstić information content (AvgIpc) is 3.60. The van der Waals surface area contributed by atoms with Gasteiger partial charge in [-0.3, -0.25) is 5.41 Å². The van der Waals surface area contributed by atoms with Crippen molar-refractivity contribution in [3.05, 3.63) is 156 Å². The monoisotopic (exact) mass is 541 g/mol. The maximum atomic E-state index is 8.83. The van der Waals surface area contributed by atoms with E-state index in [1.807, 2.05) is 66.7 Å². The van der Waals surface area contributed by atoms with Gasteiger partial charge >= 0.3 is 0 Å². The predicted octanol–water partition coefficient (Wildman–Crippen LogP) is 9.71. The highest BCUT2D eigenvalue weighted by atomic mass is 16.3. The molecule has 0 bridgehead atoms. The molecule has 0 aliphatic carbocycles. The maximum absolute atomic E-state index is 8.83. The van der Waals surface area contributed by atoms with Crippen LogP contribution in [0.5, 0.6) is 0 Å². The molecule has 4 nitrogen and oxygen atoms in total. The highest BCUT2D eigenvalue weighted by molar-refractivity contribution is 6.21. The third-order valence-corrected chi connectivity index (χ3v) is 8.09. The number of nitrogens with zero attached hydrogens (tertiary/aromatic N) is 1. The second-order valence-corrected chi connectivity index (χ2v) is 10.6. The topological polar surface area (TPSA) is 54.0 Å². The Morgan fingerprint density at radius 3 is 2.29 bits per heavy atom. The van der Waals surface area contributed by atoms with Crippen LogP contribution in [0.1, 0.15) is 16.7 Å². The van der Waals surface area contributed by atoms with E-state index < -0.39 is 0 Å². The second kappa shape index (κ2) is 9.79. The average molecular weight is 542 g/mol. The summed E-state index contributed by atoms with van der Waals surface area (Å²) in [5.74, 6) is 0. The number of aromatic nitrogens is 1. The number of hydrogen-bond donors (Lipinski definition) is 2. The summed E-state index contributed by atoms with van der Waals surface area (Å²) < 4.78 is 8.84. The summed E-state index contributed by atoms with van der Waals surface area (Å²) in [6, 6.07) is 47.8. The molecule has 0 unspecified atom stereocenters. The first-order valence-electron chi connectivity index (χ1n) is 14.2. The van der Waals surface area contributed by atoms with Crippen LogP contribution in [-0.2, 0) is 6.54 Å². The lowest BCUT2D eigenvalue weighted by atomic mass is 10.0. The van der Waals surface area contributed by atoms with Crippen molar-refractivity contribution < 1.29 is 4.42 Å². The predicted molar refractivity (Wildman–Crippen MR) is 174 cm³/mol. The first-order valence-corrected chi connectivity index (χ1v) is 14.2. The van der Waals surface area contributed by atoms with Crippen LogP contribution < -0.4 is 5.32 Å². The summed E-state index contributed by atoms with van der Waals surface area (Å²) in [5, 5.41) is 17.1. The van der Waals surface area contributed by atoms with E-state index in [-0.39, 0.29) is 0 Å². The zero-order valence-corrected chi connectivity index (χ0v) is 22.8. The Morgan fingerprint density at radius 1 is 0.643 bits per heavy atom. The maximum Gasteiger partial charge on any atom is 0.160 e. The van der Waals surface area contributed by atoms with E-state index >= 15 is 0 Å². The number of fused-ring (bicyclic) bond motifs is 7. The van der Waals surface area contributed by atoms with Gasteiger partial charge in [0.25, 0.3) is 0 Å². The molecule has 0 fully saturated rings. The van der Waals surface area contributed by atoms with Crippen molar-refractivity contribution in [2.75, 3.05) is 5.32 Å². The fourth-order valence-corrected chi connectivity index (χ4v) is 6.12. The van der Waals surface area contributed by atoms with Gasteiger partial charge in [0.05, 0.1) is 16.7 Å². The minimum absolute atomic E-state index is 0.507. The van der Waals surface area contributed by atoms with Gasteiger partial charge in [0.2, 0.25) is 0 Å². The molecule has 0 saturated carbocycles. The van der Waals surface area contributed by atoms with Crippen LogP contribution >= 0.6 is 0 Å². The molecule has 2 N–H and O–H groups in total. The number of para-hydroxylation sites is 3. The van der Waals surface area contributed by atoms with Crippen LogP contribution in [0.2, 0.25) is 0 Å². The third kappa shape index (κ3) is 3.88. The SMILES string of the molecule is N=C(c1ccccc1)c1ccccc1NCc1cccc(-n2c3ccccc3c3ccc4c5ccccc5oc4c32)c1. The van der Waals surface area contributed by atoms with Gasteiger partial charge in [-0.2, -0.15) is 0 Å². The lowest BCUT2D eigenvalue weighted by Crippen LogP contribution is -2.08. The largest absolute Gasteiger partial charge is 0.454 e. The Labute approximate surface area is 243 Å². The fraction of sp³-hybridized carbons (Fsp3) is 0.0263. The molecule has 4 heteroatoms. The van der Waals surface area contributed by atoms with E-state index in [9.17, 15) is 0 Å². The van der Waals surface area contributed by atoms with E-state index in [0.29, 0.717) is 12.3 Å². The molecule has 0 atom stereocenters. The van der Waals surface area contributed by atoms with Gasteiger partial charge < -0.3 is 14.3 Å². The minimum atomic E-state index is 0.507. The molecule has 8 aromatic rings. The highest BCUT2D eigenvalue weighted by Gasteiger charge is 2.19. The van der Waals surface area contributed by atoms with Gasteiger partial charge in [-0.15, -0.1) is 0 Å². The van der Waals surface area contributed by atoms with Gasteiger partial charge in [0.1, 0.15) is 5.58 Å². The first-order chi connectivity index (χ1) is 20.8. The quantitative estimate of drug-likeness (QED) is 0.206. The molecule has 0 aliphatic rings. The van der Waals surface area contributed by atoms with E-state index in [4.69, 9.17) is 9.83 Å². The van der Waals surface area contributed by atoms with E-state index in [0.717, 1.165) is 61.0 Å². The number of nitrogens with one attached hydrogen (secondary N) is 2. The first kappa shape index (κ1) is 24.2. The zero-order valence-electron chi connectivity index (χ0n) is 22.8. The summed E-state index contributed by atoms with van der Waals surface area (Å²) in [6.45, 7) is 0.629. The minimum Gasteiger partial charge on any atom is -0.454 e. The highest BCUT2D eigenvalue weighted by Crippen LogP contribution is 2.40. The van der Waals surface area contributed by atoms with Gasteiger partial charge in [0.15, 0.2) is 5.58 Å². The number of hydrogen-bond acceptors (Lipinski definition) is 3. The fourth-order valence-electron chi connectivity index (χ4n) is 6.12. The molecule has 42 heavy (non-hydrogen) atoms. The second-order valence-electron chi connectivity index (χ2n) is 10.6. The van der Waals surface area contributed by atoms with Gasteiger partial charge in [-0.25, -0.2) is 0 Å². The third-order valence-electron chi connectivity index (χ3n) is 8.09. The number of furan rings is 1. The molecular formula is C38H27N3O. The molecule has 0 spiro atoms. The normalized spacial score (nSPS) is 11.5. The standard InChI is InChI=1S/C38H27N3O/c39-36(26-12-2-1-3-13-26)32-17-4-7-18-33(32)40-24-25-11-10-14-27(23-25)41-34-19-8-5-15-28(34)30-21-22-31-29-16-6-9-20-35(29)42-38(31)37(30)41/h1-23,39-40H,24H2. The van der Waals surface area contributed by atoms with Crippen molar-refractivity contribution in [1.82, 2.24) is 4.57 Å². The lowest BCUT2D eigenvalue weighted by Gasteiger charge is -2.14. The summed E-state index contributed by atoms with van der Waals surface area (Å²) in [7, 11) is 0. The molecule has 0 amide bonds. The molecule has 200 valence electrons. The molecule has 0 radical (unpaired) electrons. The Bertz CT molecular complexity index is 2270. The Balaban J connectivity index is 1.22. The van der Waals surface area contributed by atoms with Crippen molar-refractivity contribution in [3.63, 3.8) is 0 Å². The van der Waals surface area contributed by atoms with Crippen LogP contribution in [0.3, 0.4) is 0 Å². The van der Waals surface area contributed by atoms with Crippen molar-refractivity contribution in [2.24, 2.45) is 0 Å².